The van der Waals surface area contributed by atoms with Crippen molar-refractivity contribution in [3.8, 4) is 0 Å². The number of para-hydroxylation sites is 1. The Hall–Kier alpha value is -2.80. The highest BCUT2D eigenvalue weighted by molar-refractivity contribution is 8.00. The van der Waals surface area contributed by atoms with E-state index in [0.717, 1.165) is 16.0 Å². The number of hydrogen-bond donors (Lipinski definition) is 1. The second-order valence-corrected chi connectivity index (χ2v) is 7.26. The molecule has 1 aliphatic rings. The maximum atomic E-state index is 12.1. The maximum Gasteiger partial charge on any atom is 0.326 e. The number of carbonyl (C=O) groups excluding carboxylic acids is 3. The third-order valence-corrected chi connectivity index (χ3v) is 5.30. The quantitative estimate of drug-likeness (QED) is 0.802. The summed E-state index contributed by atoms with van der Waals surface area (Å²) in [5, 5.41) is 2.69. The number of carbonyl (C=O) groups is 3. The number of nitrogens with zero attached hydrogens (tertiary/aromatic N) is 1. The fraction of sp³-hybridized carbons (Fsp3) is 0.250. The van der Waals surface area contributed by atoms with E-state index in [9.17, 15) is 14.4 Å². The van der Waals surface area contributed by atoms with E-state index < -0.39 is 18.5 Å². The van der Waals surface area contributed by atoms with Gasteiger partial charge >= 0.3 is 5.97 Å². The summed E-state index contributed by atoms with van der Waals surface area (Å²) in [4.78, 5) is 38.6. The van der Waals surface area contributed by atoms with Crippen molar-refractivity contribution in [3.63, 3.8) is 0 Å². The van der Waals surface area contributed by atoms with Crippen molar-refractivity contribution in [2.75, 3.05) is 29.1 Å². The SMILES string of the molecule is Cc1ccc(NC(=O)COC(=O)CN2C(=O)CSc3ccccc32)cc1C. The zero-order valence-electron chi connectivity index (χ0n) is 15.2. The Kier molecular flexibility index (Phi) is 5.81. The molecule has 0 spiro atoms. The number of ether oxygens (including phenoxy) is 1. The van der Waals surface area contributed by atoms with Crippen LogP contribution in [0.3, 0.4) is 0 Å². The third-order valence-electron chi connectivity index (χ3n) is 4.25. The summed E-state index contributed by atoms with van der Waals surface area (Å²) in [5.41, 5.74) is 3.53. The first-order chi connectivity index (χ1) is 12.9. The van der Waals surface area contributed by atoms with E-state index in [4.69, 9.17) is 4.74 Å². The number of rotatable bonds is 5. The van der Waals surface area contributed by atoms with Crippen molar-refractivity contribution < 1.29 is 19.1 Å². The van der Waals surface area contributed by atoms with Gasteiger partial charge in [-0.1, -0.05) is 18.2 Å². The van der Waals surface area contributed by atoms with Gasteiger partial charge in [-0.05, 0) is 49.2 Å². The fourth-order valence-corrected chi connectivity index (χ4v) is 3.60. The van der Waals surface area contributed by atoms with Crippen LogP contribution in [0.2, 0.25) is 0 Å². The molecule has 0 fully saturated rings. The van der Waals surface area contributed by atoms with Crippen LogP contribution in [0.15, 0.2) is 47.4 Å². The van der Waals surface area contributed by atoms with Crippen molar-refractivity contribution >= 4 is 40.9 Å². The van der Waals surface area contributed by atoms with Gasteiger partial charge in [-0.2, -0.15) is 0 Å². The second-order valence-electron chi connectivity index (χ2n) is 6.24. The predicted octanol–water partition coefficient (Wildman–Crippen LogP) is 2.92. The summed E-state index contributed by atoms with van der Waals surface area (Å²) < 4.78 is 5.04. The van der Waals surface area contributed by atoms with Crippen molar-refractivity contribution in [1.82, 2.24) is 0 Å². The molecule has 1 N–H and O–H groups in total. The summed E-state index contributed by atoms with van der Waals surface area (Å²) in [6, 6.07) is 13.0. The van der Waals surface area contributed by atoms with E-state index in [-0.39, 0.29) is 18.2 Å². The molecule has 0 unspecified atom stereocenters. The average Bonchev–Trinajstić information content (AvgIpc) is 2.65. The topological polar surface area (TPSA) is 75.7 Å². The molecule has 0 radical (unpaired) electrons. The lowest BCUT2D eigenvalue weighted by Gasteiger charge is -2.27. The first-order valence-corrected chi connectivity index (χ1v) is 9.47. The van der Waals surface area contributed by atoms with Crippen molar-refractivity contribution in [1.29, 1.82) is 0 Å². The van der Waals surface area contributed by atoms with Crippen molar-refractivity contribution in [2.45, 2.75) is 18.7 Å². The summed E-state index contributed by atoms with van der Waals surface area (Å²) in [6.45, 7) is 3.33. The molecule has 2 amide bonds. The van der Waals surface area contributed by atoms with E-state index in [1.54, 1.807) is 12.1 Å². The monoisotopic (exact) mass is 384 g/mol. The highest BCUT2D eigenvalue weighted by atomic mass is 32.2. The molecule has 0 aromatic heterocycles. The molecule has 0 saturated heterocycles. The Bertz CT molecular complexity index is 897. The number of amides is 2. The zero-order chi connectivity index (χ0) is 19.4. The lowest BCUT2D eigenvalue weighted by Crippen LogP contribution is -2.40. The van der Waals surface area contributed by atoms with Gasteiger partial charge in [0.2, 0.25) is 5.91 Å². The number of anilines is 2. The minimum absolute atomic E-state index is 0.157. The smallest absolute Gasteiger partial charge is 0.326 e. The molecule has 140 valence electrons. The molecule has 0 bridgehead atoms. The van der Waals surface area contributed by atoms with Gasteiger partial charge in [0.15, 0.2) is 6.61 Å². The molecule has 7 heteroatoms. The van der Waals surface area contributed by atoms with Crippen LogP contribution in [0, 0.1) is 13.8 Å². The molecule has 0 atom stereocenters. The van der Waals surface area contributed by atoms with Crippen LogP contribution in [-0.2, 0) is 19.1 Å². The van der Waals surface area contributed by atoms with Crippen LogP contribution in [0.5, 0.6) is 0 Å². The average molecular weight is 384 g/mol. The van der Waals surface area contributed by atoms with Crippen molar-refractivity contribution in [3.05, 3.63) is 53.6 Å². The first-order valence-electron chi connectivity index (χ1n) is 8.49. The molecule has 1 aliphatic heterocycles. The molecule has 2 aromatic carbocycles. The fourth-order valence-electron chi connectivity index (χ4n) is 2.66. The molecule has 27 heavy (non-hydrogen) atoms. The van der Waals surface area contributed by atoms with Crippen molar-refractivity contribution in [2.24, 2.45) is 0 Å². The first kappa shape index (κ1) is 19.0. The lowest BCUT2D eigenvalue weighted by molar-refractivity contribution is -0.146. The van der Waals surface area contributed by atoms with E-state index in [1.807, 2.05) is 44.2 Å². The number of thioether (sulfide) groups is 1. The molecule has 3 rings (SSSR count). The summed E-state index contributed by atoms with van der Waals surface area (Å²) in [7, 11) is 0. The number of nitrogens with one attached hydrogen (secondary N) is 1. The lowest BCUT2D eigenvalue weighted by atomic mass is 10.1. The Morgan fingerprint density at radius 2 is 1.93 bits per heavy atom. The molecule has 2 aromatic rings. The molecular formula is C20H20N2O4S. The minimum atomic E-state index is -0.625. The number of fused-ring (bicyclic) bond motifs is 1. The number of aryl methyl sites for hydroxylation is 2. The van der Waals surface area contributed by atoms with Gasteiger partial charge in [0.25, 0.3) is 5.91 Å². The Balaban J connectivity index is 1.54. The highest BCUT2D eigenvalue weighted by Crippen LogP contribution is 2.34. The molecule has 0 aliphatic carbocycles. The van der Waals surface area contributed by atoms with Crippen LogP contribution in [0.4, 0.5) is 11.4 Å². The van der Waals surface area contributed by atoms with Gasteiger partial charge in [0.1, 0.15) is 6.54 Å². The Morgan fingerprint density at radius 3 is 2.70 bits per heavy atom. The van der Waals surface area contributed by atoms with E-state index >= 15 is 0 Å². The van der Waals surface area contributed by atoms with Crippen LogP contribution in [-0.4, -0.2) is 36.7 Å². The third kappa shape index (κ3) is 4.68. The summed E-state index contributed by atoms with van der Waals surface area (Å²) in [5.74, 6) is -0.930. The van der Waals surface area contributed by atoms with Gasteiger partial charge in [-0.15, -0.1) is 11.8 Å². The number of benzene rings is 2. The van der Waals surface area contributed by atoms with Gasteiger partial charge < -0.3 is 10.1 Å². The van der Waals surface area contributed by atoms with Crippen LogP contribution in [0.1, 0.15) is 11.1 Å². The van der Waals surface area contributed by atoms with Crippen LogP contribution >= 0.6 is 11.8 Å². The van der Waals surface area contributed by atoms with Crippen LogP contribution in [0.25, 0.3) is 0 Å². The standard InChI is InChI=1S/C20H20N2O4S/c1-13-7-8-15(9-14(13)2)21-18(23)11-26-20(25)10-22-16-5-3-4-6-17(16)27-12-19(22)24/h3-9H,10-12H2,1-2H3,(H,21,23). The van der Waals surface area contributed by atoms with Gasteiger partial charge in [-0.25, -0.2) is 0 Å². The Labute approximate surface area is 161 Å². The largest absolute Gasteiger partial charge is 0.454 e. The Morgan fingerprint density at radius 1 is 1.15 bits per heavy atom. The van der Waals surface area contributed by atoms with E-state index in [1.165, 1.54) is 16.7 Å². The maximum absolute atomic E-state index is 12.1. The normalized spacial score (nSPS) is 13.1. The summed E-state index contributed by atoms with van der Waals surface area (Å²) >= 11 is 1.44. The zero-order valence-corrected chi connectivity index (χ0v) is 16.0. The highest BCUT2D eigenvalue weighted by Gasteiger charge is 2.26. The number of esters is 1. The van der Waals surface area contributed by atoms with Crippen LogP contribution < -0.4 is 10.2 Å². The van der Waals surface area contributed by atoms with E-state index in [2.05, 4.69) is 5.32 Å². The molecule has 0 saturated carbocycles. The van der Waals surface area contributed by atoms with Gasteiger partial charge in [0.05, 0.1) is 11.4 Å². The molecular weight excluding hydrogens is 364 g/mol. The second kappa shape index (κ2) is 8.26. The molecule has 6 nitrogen and oxygen atoms in total. The molecule has 1 heterocycles. The minimum Gasteiger partial charge on any atom is -0.454 e. The number of hydrogen-bond acceptors (Lipinski definition) is 5. The van der Waals surface area contributed by atoms with Gasteiger partial charge in [-0.3, -0.25) is 19.3 Å². The van der Waals surface area contributed by atoms with Gasteiger partial charge in [0, 0.05) is 10.6 Å². The summed E-state index contributed by atoms with van der Waals surface area (Å²) in [6.07, 6.45) is 0. The van der Waals surface area contributed by atoms with E-state index in [0.29, 0.717) is 11.4 Å². The predicted molar refractivity (Wildman–Crippen MR) is 105 cm³/mol.